The largest absolute Gasteiger partial charge is 0.447 e. The summed E-state index contributed by atoms with van der Waals surface area (Å²) in [7, 11) is 0. The van der Waals surface area contributed by atoms with Crippen LogP contribution in [0.3, 0.4) is 0 Å². The predicted octanol–water partition coefficient (Wildman–Crippen LogP) is 3.10. The average Bonchev–Trinajstić information content (AvgIpc) is 2.94. The summed E-state index contributed by atoms with van der Waals surface area (Å²) in [6, 6.07) is 11.3. The van der Waals surface area contributed by atoms with Crippen molar-refractivity contribution in [2.24, 2.45) is 0 Å². The van der Waals surface area contributed by atoms with Crippen molar-refractivity contribution in [2.45, 2.75) is 13.0 Å². The predicted molar refractivity (Wildman–Crippen MR) is 81.1 cm³/mol. The maximum Gasteiger partial charge on any atom is 0.375 e. The van der Waals surface area contributed by atoms with Gasteiger partial charge in [0, 0.05) is 5.69 Å². The van der Waals surface area contributed by atoms with Crippen molar-refractivity contribution in [1.82, 2.24) is 0 Å². The Morgan fingerprint density at radius 3 is 2.50 bits per heavy atom. The molecule has 0 aliphatic rings. The molecule has 0 saturated heterocycles. The van der Waals surface area contributed by atoms with Crippen molar-refractivity contribution in [3.63, 3.8) is 0 Å². The molecule has 112 valence electrons. The number of amides is 1. The topological polar surface area (TPSA) is 92.3 Å². The molecule has 0 aliphatic carbocycles. The Labute approximate surface area is 134 Å². The number of hydrogen-bond acceptors (Lipinski definition) is 5. The van der Waals surface area contributed by atoms with Gasteiger partial charge in [0.2, 0.25) is 5.76 Å². The van der Waals surface area contributed by atoms with Gasteiger partial charge < -0.3 is 14.5 Å². The summed E-state index contributed by atoms with van der Waals surface area (Å²) in [4.78, 5) is 23.7. The van der Waals surface area contributed by atoms with Gasteiger partial charge >= 0.3 is 5.97 Å². The third-order valence-corrected chi connectivity index (χ3v) is 3.14. The van der Waals surface area contributed by atoms with Crippen LogP contribution in [0.2, 0.25) is 0 Å². The molecule has 2 aromatic rings. The third kappa shape index (κ3) is 3.96. The van der Waals surface area contributed by atoms with Crippen LogP contribution in [0.1, 0.15) is 23.0 Å². The lowest BCUT2D eigenvalue weighted by atomic mass is 10.2. The number of nitrogens with one attached hydrogen (secondary N) is 1. The van der Waals surface area contributed by atoms with Crippen molar-refractivity contribution >= 4 is 33.5 Å². The number of halogens is 1. The molecule has 1 heterocycles. The number of nitriles is 1. The Bertz CT molecular complexity index is 731. The number of carbonyl (C=O) groups is 2. The van der Waals surface area contributed by atoms with Gasteiger partial charge in [0.15, 0.2) is 10.8 Å². The standard InChI is InChI=1S/C15H11BrN2O4/c1-9(21-15(20)12-6-7-13(16)22-12)14(19)18-11-4-2-10(8-17)3-5-11/h2-7,9H,1H3,(H,18,19)/t9-/m0/s1. The van der Waals surface area contributed by atoms with Crippen LogP contribution >= 0.6 is 15.9 Å². The second-order valence-electron chi connectivity index (χ2n) is 4.33. The number of anilines is 1. The van der Waals surface area contributed by atoms with Crippen LogP contribution < -0.4 is 5.32 Å². The number of benzene rings is 1. The van der Waals surface area contributed by atoms with Gasteiger partial charge in [-0.25, -0.2) is 4.79 Å². The zero-order chi connectivity index (χ0) is 16.1. The molecular weight excluding hydrogens is 352 g/mol. The lowest BCUT2D eigenvalue weighted by Crippen LogP contribution is -2.29. The Morgan fingerprint density at radius 2 is 1.95 bits per heavy atom. The molecule has 1 amide bonds. The molecule has 6 nitrogen and oxygen atoms in total. The van der Waals surface area contributed by atoms with Gasteiger partial charge in [0.1, 0.15) is 0 Å². The Balaban J connectivity index is 1.94. The van der Waals surface area contributed by atoms with Crippen LogP contribution in [0.15, 0.2) is 45.5 Å². The van der Waals surface area contributed by atoms with Gasteiger partial charge in [0.05, 0.1) is 11.6 Å². The van der Waals surface area contributed by atoms with E-state index in [-0.39, 0.29) is 5.76 Å². The molecule has 7 heteroatoms. The van der Waals surface area contributed by atoms with E-state index in [2.05, 4.69) is 21.2 Å². The molecule has 0 spiro atoms. The van der Waals surface area contributed by atoms with Crippen LogP contribution in [-0.4, -0.2) is 18.0 Å². The smallest absolute Gasteiger partial charge is 0.375 e. The van der Waals surface area contributed by atoms with Gasteiger partial charge in [0.25, 0.3) is 5.91 Å². The fourth-order valence-electron chi connectivity index (χ4n) is 1.57. The zero-order valence-electron chi connectivity index (χ0n) is 11.5. The number of carbonyl (C=O) groups excluding carboxylic acids is 2. The van der Waals surface area contributed by atoms with Crippen LogP contribution in [0.25, 0.3) is 0 Å². The summed E-state index contributed by atoms with van der Waals surface area (Å²) in [5.41, 5.74) is 0.994. The Hall–Kier alpha value is -2.59. The summed E-state index contributed by atoms with van der Waals surface area (Å²) >= 11 is 3.07. The summed E-state index contributed by atoms with van der Waals surface area (Å²) < 4.78 is 10.5. The monoisotopic (exact) mass is 362 g/mol. The molecule has 0 fully saturated rings. The lowest BCUT2D eigenvalue weighted by molar-refractivity contribution is -0.123. The first-order chi connectivity index (χ1) is 10.5. The molecular formula is C15H11BrN2O4. The molecule has 0 aliphatic heterocycles. The first-order valence-electron chi connectivity index (χ1n) is 6.27. The third-order valence-electron chi connectivity index (χ3n) is 2.71. The average molecular weight is 363 g/mol. The summed E-state index contributed by atoms with van der Waals surface area (Å²) in [5, 5.41) is 11.3. The van der Waals surface area contributed by atoms with Gasteiger partial charge in [-0.2, -0.15) is 5.26 Å². The highest BCUT2D eigenvalue weighted by atomic mass is 79.9. The normalized spacial score (nSPS) is 11.3. The van der Waals surface area contributed by atoms with E-state index >= 15 is 0 Å². The minimum atomic E-state index is -0.994. The SMILES string of the molecule is C[C@H](OC(=O)c1ccc(Br)o1)C(=O)Nc1ccc(C#N)cc1. The molecule has 2 rings (SSSR count). The van der Waals surface area contributed by atoms with Gasteiger partial charge in [-0.1, -0.05) is 0 Å². The van der Waals surface area contributed by atoms with Crippen LogP contribution in [0.4, 0.5) is 5.69 Å². The number of furan rings is 1. The fourth-order valence-corrected chi connectivity index (χ4v) is 1.87. The maximum atomic E-state index is 11.9. The summed E-state index contributed by atoms with van der Waals surface area (Å²) in [6.07, 6.45) is -0.994. The number of ether oxygens (including phenoxy) is 1. The number of rotatable bonds is 4. The van der Waals surface area contributed by atoms with Crippen molar-refractivity contribution < 1.29 is 18.7 Å². The van der Waals surface area contributed by atoms with E-state index in [1.165, 1.54) is 13.0 Å². The zero-order valence-corrected chi connectivity index (χ0v) is 13.1. The first-order valence-corrected chi connectivity index (χ1v) is 7.06. The highest BCUT2D eigenvalue weighted by Gasteiger charge is 2.21. The molecule has 1 N–H and O–H groups in total. The molecule has 0 unspecified atom stereocenters. The second kappa shape index (κ2) is 6.91. The van der Waals surface area contributed by atoms with Crippen molar-refractivity contribution in [1.29, 1.82) is 5.26 Å². The molecule has 1 atom stereocenters. The van der Waals surface area contributed by atoms with Crippen molar-refractivity contribution in [3.05, 3.63) is 52.4 Å². The Kier molecular flexibility index (Phi) is 4.96. The van der Waals surface area contributed by atoms with E-state index in [4.69, 9.17) is 14.4 Å². The number of hydrogen-bond donors (Lipinski definition) is 1. The summed E-state index contributed by atoms with van der Waals surface area (Å²) in [6.45, 7) is 1.45. The van der Waals surface area contributed by atoms with E-state index < -0.39 is 18.0 Å². The van der Waals surface area contributed by atoms with Crippen LogP contribution in [0, 0.1) is 11.3 Å². The second-order valence-corrected chi connectivity index (χ2v) is 5.11. The number of nitrogens with zero attached hydrogens (tertiary/aromatic N) is 1. The minimum absolute atomic E-state index is 0.00454. The maximum absolute atomic E-state index is 11.9. The van der Waals surface area contributed by atoms with E-state index in [0.717, 1.165) is 0 Å². The highest BCUT2D eigenvalue weighted by Crippen LogP contribution is 2.16. The first kappa shape index (κ1) is 15.8. The summed E-state index contributed by atoms with van der Waals surface area (Å²) in [5.74, 6) is -1.21. The van der Waals surface area contributed by atoms with E-state index in [0.29, 0.717) is 15.9 Å². The van der Waals surface area contributed by atoms with E-state index in [1.54, 1.807) is 30.3 Å². The molecule has 0 radical (unpaired) electrons. The Morgan fingerprint density at radius 1 is 1.27 bits per heavy atom. The van der Waals surface area contributed by atoms with Crippen LogP contribution in [-0.2, 0) is 9.53 Å². The quantitative estimate of drug-likeness (QED) is 0.843. The molecule has 0 bridgehead atoms. The number of esters is 1. The van der Waals surface area contributed by atoms with Crippen molar-refractivity contribution in [2.75, 3.05) is 5.32 Å². The van der Waals surface area contributed by atoms with E-state index in [1.807, 2.05) is 6.07 Å². The van der Waals surface area contributed by atoms with Crippen molar-refractivity contribution in [3.8, 4) is 6.07 Å². The van der Waals surface area contributed by atoms with Crippen LogP contribution in [0.5, 0.6) is 0 Å². The fraction of sp³-hybridized carbons (Fsp3) is 0.133. The minimum Gasteiger partial charge on any atom is -0.447 e. The molecule has 1 aromatic heterocycles. The molecule has 1 aromatic carbocycles. The van der Waals surface area contributed by atoms with Gasteiger partial charge in [-0.05, 0) is 59.3 Å². The lowest BCUT2D eigenvalue weighted by Gasteiger charge is -2.12. The highest BCUT2D eigenvalue weighted by molar-refractivity contribution is 9.10. The molecule has 0 saturated carbocycles. The van der Waals surface area contributed by atoms with Gasteiger partial charge in [-0.15, -0.1) is 0 Å². The van der Waals surface area contributed by atoms with E-state index in [9.17, 15) is 9.59 Å². The molecule has 22 heavy (non-hydrogen) atoms. The van der Waals surface area contributed by atoms with Gasteiger partial charge in [-0.3, -0.25) is 4.79 Å².